The van der Waals surface area contributed by atoms with E-state index in [9.17, 15) is 14.9 Å². The van der Waals surface area contributed by atoms with E-state index in [0.29, 0.717) is 6.54 Å². The second kappa shape index (κ2) is 6.04. The van der Waals surface area contributed by atoms with E-state index in [0.717, 1.165) is 11.9 Å². The Labute approximate surface area is 119 Å². The second-order valence-electron chi connectivity index (χ2n) is 4.26. The van der Waals surface area contributed by atoms with Crippen molar-refractivity contribution in [3.63, 3.8) is 0 Å². The molecule has 8 heteroatoms. The summed E-state index contributed by atoms with van der Waals surface area (Å²) in [4.78, 5) is 25.2. The van der Waals surface area contributed by atoms with E-state index >= 15 is 0 Å². The molecule has 8 nitrogen and oxygen atoms in total. The van der Waals surface area contributed by atoms with Gasteiger partial charge in [0.05, 0.1) is 11.5 Å². The molecular formula is C13H13N3O5. The van der Waals surface area contributed by atoms with Gasteiger partial charge in [-0.15, -0.1) is 0 Å². The van der Waals surface area contributed by atoms with Gasteiger partial charge in [-0.25, -0.2) is 9.78 Å². The lowest BCUT2D eigenvalue weighted by Gasteiger charge is -2.10. The molecule has 110 valence electrons. The number of carboxylic acids is 1. The zero-order valence-corrected chi connectivity index (χ0v) is 11.2. The van der Waals surface area contributed by atoms with Crippen molar-refractivity contribution in [1.82, 2.24) is 9.55 Å². The Morgan fingerprint density at radius 3 is 2.86 bits per heavy atom. The number of hydrogen-bond acceptors (Lipinski definition) is 5. The van der Waals surface area contributed by atoms with Crippen molar-refractivity contribution in [3.05, 3.63) is 52.1 Å². The third-order valence-electron chi connectivity index (χ3n) is 2.92. The highest BCUT2D eigenvalue weighted by Gasteiger charge is 2.17. The summed E-state index contributed by atoms with van der Waals surface area (Å²) in [5.74, 6) is -0.348. The SMILES string of the molecule is Cc1nccn1CCOc1ccc([N+](=O)[O-])cc1C(=O)O. The summed E-state index contributed by atoms with van der Waals surface area (Å²) in [6.07, 6.45) is 3.44. The zero-order chi connectivity index (χ0) is 15.4. The van der Waals surface area contributed by atoms with Crippen LogP contribution in [0.1, 0.15) is 16.2 Å². The molecule has 0 atom stereocenters. The van der Waals surface area contributed by atoms with Crippen LogP contribution in [0.3, 0.4) is 0 Å². The molecule has 0 radical (unpaired) electrons. The maximum atomic E-state index is 11.1. The van der Waals surface area contributed by atoms with E-state index in [1.807, 2.05) is 11.5 Å². The molecule has 0 saturated carbocycles. The number of nitrogens with zero attached hydrogens (tertiary/aromatic N) is 3. The fraction of sp³-hybridized carbons (Fsp3) is 0.231. The first-order valence-electron chi connectivity index (χ1n) is 6.11. The fourth-order valence-corrected chi connectivity index (χ4v) is 1.82. The number of imidazole rings is 1. The number of aromatic carboxylic acids is 1. The predicted octanol–water partition coefficient (Wildman–Crippen LogP) is 1.88. The highest BCUT2D eigenvalue weighted by atomic mass is 16.6. The molecule has 0 aliphatic heterocycles. The minimum atomic E-state index is -1.27. The minimum Gasteiger partial charge on any atom is -0.491 e. The number of nitro benzene ring substituents is 1. The molecule has 0 aliphatic rings. The number of rotatable bonds is 6. The Morgan fingerprint density at radius 2 is 2.29 bits per heavy atom. The monoisotopic (exact) mass is 291 g/mol. The predicted molar refractivity (Wildman–Crippen MR) is 72.5 cm³/mol. The normalized spacial score (nSPS) is 10.3. The van der Waals surface area contributed by atoms with Gasteiger partial charge >= 0.3 is 5.97 Å². The van der Waals surface area contributed by atoms with Crippen LogP contribution in [0.2, 0.25) is 0 Å². The van der Waals surface area contributed by atoms with Crippen LogP contribution in [0.25, 0.3) is 0 Å². The number of carboxylic acid groups (broad SMARTS) is 1. The van der Waals surface area contributed by atoms with Crippen LogP contribution in [0, 0.1) is 17.0 Å². The molecule has 0 bridgehead atoms. The molecule has 0 fully saturated rings. The first-order valence-corrected chi connectivity index (χ1v) is 6.11. The van der Waals surface area contributed by atoms with Crippen molar-refractivity contribution >= 4 is 11.7 Å². The maximum Gasteiger partial charge on any atom is 0.339 e. The number of aromatic nitrogens is 2. The summed E-state index contributed by atoms with van der Waals surface area (Å²) < 4.78 is 7.26. The number of ether oxygens (including phenoxy) is 1. The highest BCUT2D eigenvalue weighted by Crippen LogP contribution is 2.24. The van der Waals surface area contributed by atoms with Crippen molar-refractivity contribution in [2.24, 2.45) is 0 Å². The minimum absolute atomic E-state index is 0.103. The number of benzene rings is 1. The average molecular weight is 291 g/mol. The Morgan fingerprint density at radius 1 is 1.52 bits per heavy atom. The van der Waals surface area contributed by atoms with E-state index in [1.54, 1.807) is 12.4 Å². The summed E-state index contributed by atoms with van der Waals surface area (Å²) in [6.45, 7) is 2.58. The van der Waals surface area contributed by atoms with Crippen molar-refractivity contribution < 1.29 is 19.6 Å². The second-order valence-corrected chi connectivity index (χ2v) is 4.26. The van der Waals surface area contributed by atoms with Crippen molar-refractivity contribution in [2.75, 3.05) is 6.61 Å². The third-order valence-corrected chi connectivity index (χ3v) is 2.92. The molecule has 0 saturated heterocycles. The number of non-ortho nitro benzene ring substituents is 1. The molecule has 0 unspecified atom stereocenters. The molecule has 2 rings (SSSR count). The Hall–Kier alpha value is -2.90. The number of carbonyl (C=O) groups is 1. The van der Waals surface area contributed by atoms with Crippen LogP contribution in [0.5, 0.6) is 5.75 Å². The van der Waals surface area contributed by atoms with E-state index in [4.69, 9.17) is 9.84 Å². The molecule has 1 heterocycles. The standard InChI is InChI=1S/C13H13N3O5/c1-9-14-4-5-15(9)6-7-21-12-3-2-10(16(19)20)8-11(12)13(17)18/h2-5,8H,6-7H2,1H3,(H,17,18). The van der Waals surface area contributed by atoms with Crippen LogP contribution in [0.4, 0.5) is 5.69 Å². The lowest BCUT2D eigenvalue weighted by Crippen LogP contribution is -2.11. The highest BCUT2D eigenvalue weighted by molar-refractivity contribution is 5.91. The van der Waals surface area contributed by atoms with Crippen molar-refractivity contribution in [2.45, 2.75) is 13.5 Å². The molecule has 1 N–H and O–H groups in total. The molecule has 0 aliphatic carbocycles. The smallest absolute Gasteiger partial charge is 0.339 e. The lowest BCUT2D eigenvalue weighted by molar-refractivity contribution is -0.384. The summed E-state index contributed by atoms with van der Waals surface area (Å²) in [5.41, 5.74) is -0.517. The Bertz CT molecular complexity index is 680. The largest absolute Gasteiger partial charge is 0.491 e. The molecular weight excluding hydrogens is 278 g/mol. The third kappa shape index (κ3) is 3.35. The number of hydrogen-bond donors (Lipinski definition) is 1. The van der Waals surface area contributed by atoms with Gasteiger partial charge in [-0.1, -0.05) is 0 Å². The van der Waals surface area contributed by atoms with Crippen LogP contribution in [-0.2, 0) is 6.54 Å². The topological polar surface area (TPSA) is 107 Å². The van der Waals surface area contributed by atoms with Gasteiger partial charge in [0.2, 0.25) is 0 Å². The van der Waals surface area contributed by atoms with Crippen molar-refractivity contribution in [1.29, 1.82) is 0 Å². The number of aryl methyl sites for hydroxylation is 1. The van der Waals surface area contributed by atoms with Crippen LogP contribution in [0.15, 0.2) is 30.6 Å². The van der Waals surface area contributed by atoms with Gasteiger partial charge in [0.1, 0.15) is 23.7 Å². The van der Waals surface area contributed by atoms with Gasteiger partial charge in [0, 0.05) is 24.5 Å². The lowest BCUT2D eigenvalue weighted by atomic mass is 10.2. The van der Waals surface area contributed by atoms with Gasteiger partial charge in [-0.3, -0.25) is 10.1 Å². The summed E-state index contributed by atoms with van der Waals surface area (Å²) in [6, 6.07) is 3.49. The first kappa shape index (κ1) is 14.5. The van der Waals surface area contributed by atoms with E-state index in [-0.39, 0.29) is 23.6 Å². The van der Waals surface area contributed by atoms with E-state index < -0.39 is 10.9 Å². The molecule has 2 aromatic rings. The van der Waals surface area contributed by atoms with E-state index in [1.165, 1.54) is 12.1 Å². The fourth-order valence-electron chi connectivity index (χ4n) is 1.82. The Kier molecular flexibility index (Phi) is 4.17. The van der Waals surface area contributed by atoms with Gasteiger partial charge in [0.25, 0.3) is 5.69 Å². The van der Waals surface area contributed by atoms with Crippen LogP contribution < -0.4 is 4.74 Å². The van der Waals surface area contributed by atoms with Gasteiger partial charge in [-0.05, 0) is 13.0 Å². The summed E-state index contributed by atoms with van der Waals surface area (Å²) >= 11 is 0. The van der Waals surface area contributed by atoms with Gasteiger partial charge in [0.15, 0.2) is 0 Å². The van der Waals surface area contributed by atoms with Crippen LogP contribution >= 0.6 is 0 Å². The molecule has 1 aromatic heterocycles. The van der Waals surface area contributed by atoms with Crippen LogP contribution in [-0.4, -0.2) is 32.2 Å². The number of nitro groups is 1. The van der Waals surface area contributed by atoms with Gasteiger partial charge in [-0.2, -0.15) is 0 Å². The zero-order valence-electron chi connectivity index (χ0n) is 11.2. The molecule has 0 amide bonds. The average Bonchev–Trinajstić information content (AvgIpc) is 2.84. The molecule has 21 heavy (non-hydrogen) atoms. The molecule has 0 spiro atoms. The summed E-state index contributed by atoms with van der Waals surface area (Å²) in [5, 5.41) is 19.7. The first-order chi connectivity index (χ1) is 9.99. The van der Waals surface area contributed by atoms with Crippen molar-refractivity contribution in [3.8, 4) is 5.75 Å². The summed E-state index contributed by atoms with van der Waals surface area (Å²) in [7, 11) is 0. The quantitative estimate of drug-likeness (QED) is 0.643. The van der Waals surface area contributed by atoms with Gasteiger partial charge < -0.3 is 14.4 Å². The maximum absolute atomic E-state index is 11.1. The molecule has 1 aromatic carbocycles. The Balaban J connectivity index is 2.10. The van der Waals surface area contributed by atoms with E-state index in [2.05, 4.69) is 4.98 Å².